The van der Waals surface area contributed by atoms with Gasteiger partial charge in [0.25, 0.3) is 0 Å². The van der Waals surface area contributed by atoms with Crippen LogP contribution in [-0.2, 0) is 0 Å². The smallest absolute Gasteiger partial charge is 0.0467 e. The Kier molecular flexibility index (Phi) is 1.98. The SMILES string of the molecule is CC1(C)C[C@]2(C)CC=C[C@@]23[C@H](CO)CC[C@@H]13. The average molecular weight is 220 g/mol. The largest absolute Gasteiger partial charge is 0.396 e. The maximum Gasteiger partial charge on any atom is 0.0467 e. The highest BCUT2D eigenvalue weighted by atomic mass is 16.3. The summed E-state index contributed by atoms with van der Waals surface area (Å²) in [6.07, 6.45) is 9.97. The molecule has 3 aliphatic rings. The lowest BCUT2D eigenvalue weighted by atomic mass is 9.62. The summed E-state index contributed by atoms with van der Waals surface area (Å²) >= 11 is 0. The van der Waals surface area contributed by atoms with E-state index in [1.54, 1.807) is 0 Å². The number of rotatable bonds is 1. The summed E-state index contributed by atoms with van der Waals surface area (Å²) in [5.41, 5.74) is 1.21. The van der Waals surface area contributed by atoms with Crippen LogP contribution >= 0.6 is 0 Å². The minimum Gasteiger partial charge on any atom is -0.396 e. The Hall–Kier alpha value is -0.300. The van der Waals surface area contributed by atoms with E-state index in [4.69, 9.17) is 0 Å². The monoisotopic (exact) mass is 220 g/mol. The molecular formula is C15H24O. The highest BCUT2D eigenvalue weighted by Crippen LogP contribution is 2.75. The summed E-state index contributed by atoms with van der Waals surface area (Å²) in [5, 5.41) is 9.71. The highest BCUT2D eigenvalue weighted by molar-refractivity contribution is 5.29. The van der Waals surface area contributed by atoms with E-state index in [0.717, 1.165) is 5.92 Å². The Morgan fingerprint density at radius 3 is 2.69 bits per heavy atom. The molecule has 1 heteroatoms. The first kappa shape index (κ1) is 10.8. The molecule has 0 aromatic heterocycles. The first-order chi connectivity index (χ1) is 7.46. The van der Waals surface area contributed by atoms with Crippen molar-refractivity contribution in [1.82, 2.24) is 0 Å². The van der Waals surface area contributed by atoms with Crippen molar-refractivity contribution in [2.45, 2.75) is 46.5 Å². The molecule has 2 saturated carbocycles. The van der Waals surface area contributed by atoms with Crippen LogP contribution in [0.2, 0.25) is 0 Å². The topological polar surface area (TPSA) is 20.2 Å². The second-order valence-electron chi connectivity index (χ2n) is 7.27. The van der Waals surface area contributed by atoms with E-state index < -0.39 is 0 Å². The van der Waals surface area contributed by atoms with Crippen molar-refractivity contribution in [3.63, 3.8) is 0 Å². The fourth-order valence-corrected chi connectivity index (χ4v) is 5.82. The number of hydrogen-bond donors (Lipinski definition) is 1. The first-order valence-corrected chi connectivity index (χ1v) is 6.75. The molecule has 3 aliphatic carbocycles. The van der Waals surface area contributed by atoms with Crippen molar-refractivity contribution in [3.8, 4) is 0 Å². The third-order valence-corrected chi connectivity index (χ3v) is 6.07. The molecule has 1 spiro atoms. The van der Waals surface area contributed by atoms with Gasteiger partial charge in [-0.05, 0) is 48.3 Å². The van der Waals surface area contributed by atoms with Gasteiger partial charge in [-0.3, -0.25) is 0 Å². The molecule has 0 radical (unpaired) electrons. The molecule has 2 fully saturated rings. The molecule has 4 atom stereocenters. The van der Waals surface area contributed by atoms with E-state index in [0.29, 0.717) is 28.8 Å². The van der Waals surface area contributed by atoms with Crippen molar-refractivity contribution in [1.29, 1.82) is 0 Å². The summed E-state index contributed by atoms with van der Waals surface area (Å²) in [6, 6.07) is 0. The second-order valence-corrected chi connectivity index (χ2v) is 7.27. The van der Waals surface area contributed by atoms with Crippen LogP contribution in [0, 0.1) is 28.1 Å². The quantitative estimate of drug-likeness (QED) is 0.672. The van der Waals surface area contributed by atoms with Gasteiger partial charge in [-0.15, -0.1) is 0 Å². The molecule has 16 heavy (non-hydrogen) atoms. The molecule has 0 aliphatic heterocycles. The lowest BCUT2D eigenvalue weighted by Crippen LogP contribution is -2.39. The lowest BCUT2D eigenvalue weighted by Gasteiger charge is -2.42. The number of aliphatic hydroxyl groups is 1. The van der Waals surface area contributed by atoms with Gasteiger partial charge in [0.05, 0.1) is 0 Å². The number of allylic oxidation sites excluding steroid dienone is 2. The van der Waals surface area contributed by atoms with E-state index in [9.17, 15) is 5.11 Å². The van der Waals surface area contributed by atoms with Gasteiger partial charge in [0.1, 0.15) is 0 Å². The molecule has 0 aromatic rings. The van der Waals surface area contributed by atoms with Gasteiger partial charge in [-0.2, -0.15) is 0 Å². The van der Waals surface area contributed by atoms with Crippen molar-refractivity contribution >= 4 is 0 Å². The Morgan fingerprint density at radius 1 is 1.25 bits per heavy atom. The molecule has 0 amide bonds. The summed E-state index contributed by atoms with van der Waals surface area (Å²) in [4.78, 5) is 0. The van der Waals surface area contributed by atoms with Crippen LogP contribution in [0.25, 0.3) is 0 Å². The van der Waals surface area contributed by atoms with Gasteiger partial charge in [-0.25, -0.2) is 0 Å². The maximum absolute atomic E-state index is 9.71. The fraction of sp³-hybridized carbons (Fsp3) is 0.867. The zero-order valence-corrected chi connectivity index (χ0v) is 10.8. The molecule has 1 N–H and O–H groups in total. The van der Waals surface area contributed by atoms with Crippen molar-refractivity contribution in [2.24, 2.45) is 28.1 Å². The minimum atomic E-state index is 0.325. The predicted molar refractivity (Wildman–Crippen MR) is 66.0 cm³/mol. The van der Waals surface area contributed by atoms with E-state index in [1.807, 2.05) is 0 Å². The zero-order valence-electron chi connectivity index (χ0n) is 10.8. The van der Waals surface area contributed by atoms with E-state index in [1.165, 1.54) is 25.7 Å². The van der Waals surface area contributed by atoms with Crippen LogP contribution in [0.1, 0.15) is 46.5 Å². The molecule has 0 heterocycles. The van der Waals surface area contributed by atoms with Gasteiger partial charge in [0.15, 0.2) is 0 Å². The molecule has 90 valence electrons. The Bertz CT molecular complexity index is 343. The lowest BCUT2D eigenvalue weighted by molar-refractivity contribution is 0.0492. The van der Waals surface area contributed by atoms with Crippen LogP contribution in [0.5, 0.6) is 0 Å². The van der Waals surface area contributed by atoms with Crippen LogP contribution in [-0.4, -0.2) is 11.7 Å². The minimum absolute atomic E-state index is 0.325. The molecule has 0 aromatic carbocycles. The first-order valence-electron chi connectivity index (χ1n) is 6.75. The Labute approximate surface area is 98.9 Å². The van der Waals surface area contributed by atoms with Gasteiger partial charge in [0, 0.05) is 12.0 Å². The Balaban J connectivity index is 2.13. The molecule has 0 saturated heterocycles. The molecule has 0 bridgehead atoms. The zero-order chi connectivity index (χ0) is 11.6. The van der Waals surface area contributed by atoms with Crippen LogP contribution < -0.4 is 0 Å². The van der Waals surface area contributed by atoms with Gasteiger partial charge in [0.2, 0.25) is 0 Å². The van der Waals surface area contributed by atoms with Crippen molar-refractivity contribution < 1.29 is 5.11 Å². The van der Waals surface area contributed by atoms with Gasteiger partial charge in [-0.1, -0.05) is 32.9 Å². The third-order valence-electron chi connectivity index (χ3n) is 6.07. The Morgan fingerprint density at radius 2 is 2.00 bits per heavy atom. The van der Waals surface area contributed by atoms with E-state index >= 15 is 0 Å². The third kappa shape index (κ3) is 0.971. The summed E-state index contributed by atoms with van der Waals surface area (Å²) in [7, 11) is 0. The summed E-state index contributed by atoms with van der Waals surface area (Å²) < 4.78 is 0. The molecular weight excluding hydrogens is 196 g/mol. The van der Waals surface area contributed by atoms with Crippen molar-refractivity contribution in [3.05, 3.63) is 12.2 Å². The highest BCUT2D eigenvalue weighted by Gasteiger charge is 2.68. The van der Waals surface area contributed by atoms with Gasteiger partial charge >= 0.3 is 0 Å². The normalized spacial score (nSPS) is 53.0. The molecule has 3 rings (SSSR count). The van der Waals surface area contributed by atoms with Crippen LogP contribution in [0.3, 0.4) is 0 Å². The molecule has 0 unspecified atom stereocenters. The standard InChI is InChI=1S/C15H24O/c1-13(2)10-14(3)7-4-8-15(14)11(9-16)5-6-12(13)15/h4,8,11-12,16H,5-7,9-10H2,1-3H3/t11-,12-,14-,15-/m0/s1. The number of aliphatic hydroxyl groups excluding tert-OH is 1. The summed E-state index contributed by atoms with van der Waals surface area (Å²) in [5.74, 6) is 1.31. The van der Waals surface area contributed by atoms with E-state index in [2.05, 4.69) is 32.9 Å². The molecule has 1 nitrogen and oxygen atoms in total. The van der Waals surface area contributed by atoms with Crippen molar-refractivity contribution in [2.75, 3.05) is 6.61 Å². The van der Waals surface area contributed by atoms with Crippen LogP contribution in [0.4, 0.5) is 0 Å². The predicted octanol–water partition coefficient (Wildman–Crippen LogP) is 3.39. The van der Waals surface area contributed by atoms with Gasteiger partial charge < -0.3 is 5.11 Å². The summed E-state index contributed by atoms with van der Waals surface area (Å²) in [6.45, 7) is 7.72. The van der Waals surface area contributed by atoms with Crippen LogP contribution in [0.15, 0.2) is 12.2 Å². The second kappa shape index (κ2) is 2.93. The number of hydrogen-bond acceptors (Lipinski definition) is 1. The fourth-order valence-electron chi connectivity index (χ4n) is 5.82. The average Bonchev–Trinajstić information content (AvgIpc) is 2.74. The maximum atomic E-state index is 9.71. The van der Waals surface area contributed by atoms with E-state index in [-0.39, 0.29) is 0 Å².